The molecule has 0 aliphatic carbocycles. The molecule has 0 spiro atoms. The predicted octanol–water partition coefficient (Wildman–Crippen LogP) is 2.63. The first-order chi connectivity index (χ1) is 6.74. The quantitative estimate of drug-likeness (QED) is 0.583. The van der Waals surface area contributed by atoms with Crippen molar-refractivity contribution in [2.24, 2.45) is 4.99 Å². The fraction of sp³-hybridized carbons (Fsp3) is 0.583. The summed E-state index contributed by atoms with van der Waals surface area (Å²) >= 11 is 0. The second-order valence-electron chi connectivity index (χ2n) is 3.77. The summed E-state index contributed by atoms with van der Waals surface area (Å²) in [6, 6.07) is 0. The standard InChI is InChI=1S/C12H20N2/c1-11(13-2)12-8-6-4-5-7-9-14(3)10-12/h7-9H,4-6,10H2,1-3H3/b9-7-,12-8?,13-11+. The molecule has 0 aromatic rings. The van der Waals surface area contributed by atoms with E-state index < -0.39 is 0 Å². The van der Waals surface area contributed by atoms with Crippen molar-refractivity contribution in [2.75, 3.05) is 20.6 Å². The van der Waals surface area contributed by atoms with Crippen LogP contribution in [0.2, 0.25) is 0 Å². The summed E-state index contributed by atoms with van der Waals surface area (Å²) in [5.74, 6) is 0. The molecule has 0 fully saturated rings. The van der Waals surface area contributed by atoms with E-state index in [0.717, 1.165) is 12.3 Å². The van der Waals surface area contributed by atoms with Gasteiger partial charge in [-0.2, -0.15) is 0 Å². The van der Waals surface area contributed by atoms with Gasteiger partial charge in [-0.3, -0.25) is 4.99 Å². The van der Waals surface area contributed by atoms with Gasteiger partial charge in [0.1, 0.15) is 0 Å². The monoisotopic (exact) mass is 192 g/mol. The molecule has 0 N–H and O–H groups in total. The molecule has 0 saturated carbocycles. The van der Waals surface area contributed by atoms with Gasteiger partial charge in [-0.05, 0) is 38.0 Å². The van der Waals surface area contributed by atoms with Crippen LogP contribution in [0.4, 0.5) is 0 Å². The van der Waals surface area contributed by atoms with Crippen molar-refractivity contribution in [3.05, 3.63) is 23.9 Å². The smallest absolute Gasteiger partial charge is 0.0435 e. The lowest BCUT2D eigenvalue weighted by molar-refractivity contribution is 0.502. The maximum absolute atomic E-state index is 4.25. The summed E-state index contributed by atoms with van der Waals surface area (Å²) in [6.45, 7) is 3.06. The van der Waals surface area contributed by atoms with E-state index in [1.807, 2.05) is 7.05 Å². The molecule has 1 rings (SSSR count). The van der Waals surface area contributed by atoms with Crippen LogP contribution in [0.25, 0.3) is 0 Å². The summed E-state index contributed by atoms with van der Waals surface area (Å²) in [5.41, 5.74) is 2.52. The van der Waals surface area contributed by atoms with E-state index in [2.05, 4.69) is 42.2 Å². The van der Waals surface area contributed by atoms with Gasteiger partial charge in [-0.25, -0.2) is 0 Å². The third-order valence-electron chi connectivity index (χ3n) is 2.55. The van der Waals surface area contributed by atoms with E-state index in [1.54, 1.807) is 0 Å². The highest BCUT2D eigenvalue weighted by atomic mass is 15.1. The van der Waals surface area contributed by atoms with Crippen molar-refractivity contribution < 1.29 is 0 Å². The Bertz CT molecular complexity index is 261. The van der Waals surface area contributed by atoms with Crippen LogP contribution < -0.4 is 0 Å². The highest BCUT2D eigenvalue weighted by Crippen LogP contribution is 2.09. The van der Waals surface area contributed by atoms with E-state index in [4.69, 9.17) is 0 Å². The molecule has 2 nitrogen and oxygen atoms in total. The number of hydrogen-bond donors (Lipinski definition) is 0. The topological polar surface area (TPSA) is 15.6 Å². The van der Waals surface area contributed by atoms with Gasteiger partial charge in [0.05, 0.1) is 0 Å². The number of rotatable bonds is 1. The minimum atomic E-state index is 0.972. The van der Waals surface area contributed by atoms with Gasteiger partial charge >= 0.3 is 0 Å². The molecule has 0 atom stereocenters. The molecular formula is C12H20N2. The SMILES string of the molecule is C/N=C(\C)C1=CCCC/C=C\N(C)C1. The number of allylic oxidation sites excluding steroid dienone is 2. The van der Waals surface area contributed by atoms with E-state index in [-0.39, 0.29) is 0 Å². The van der Waals surface area contributed by atoms with Gasteiger partial charge in [0.15, 0.2) is 0 Å². The van der Waals surface area contributed by atoms with Gasteiger partial charge in [-0.15, -0.1) is 0 Å². The fourth-order valence-electron chi connectivity index (χ4n) is 1.56. The Morgan fingerprint density at radius 1 is 1.43 bits per heavy atom. The van der Waals surface area contributed by atoms with Crippen LogP contribution in [-0.4, -0.2) is 31.3 Å². The fourth-order valence-corrected chi connectivity index (χ4v) is 1.56. The summed E-state index contributed by atoms with van der Waals surface area (Å²) in [4.78, 5) is 6.46. The second kappa shape index (κ2) is 5.63. The molecule has 0 unspecified atom stereocenters. The zero-order chi connectivity index (χ0) is 10.4. The van der Waals surface area contributed by atoms with Crippen LogP contribution in [0, 0.1) is 0 Å². The van der Waals surface area contributed by atoms with Crippen LogP contribution in [-0.2, 0) is 0 Å². The predicted molar refractivity (Wildman–Crippen MR) is 62.7 cm³/mol. The maximum atomic E-state index is 4.25. The molecule has 0 saturated heterocycles. The first kappa shape index (κ1) is 11.0. The first-order valence-corrected chi connectivity index (χ1v) is 5.23. The molecule has 14 heavy (non-hydrogen) atoms. The van der Waals surface area contributed by atoms with Crippen molar-refractivity contribution in [3.63, 3.8) is 0 Å². The van der Waals surface area contributed by atoms with Crippen LogP contribution in [0.3, 0.4) is 0 Å². The number of likely N-dealkylation sites (N-methyl/N-ethyl adjacent to an activating group) is 1. The van der Waals surface area contributed by atoms with E-state index >= 15 is 0 Å². The van der Waals surface area contributed by atoms with Crippen LogP contribution in [0.1, 0.15) is 26.2 Å². The third kappa shape index (κ3) is 3.36. The van der Waals surface area contributed by atoms with Crippen molar-refractivity contribution >= 4 is 5.71 Å². The van der Waals surface area contributed by atoms with Crippen LogP contribution >= 0.6 is 0 Å². The Balaban J connectivity index is 2.75. The van der Waals surface area contributed by atoms with Crippen molar-refractivity contribution in [3.8, 4) is 0 Å². The number of hydrogen-bond acceptors (Lipinski definition) is 2. The Morgan fingerprint density at radius 2 is 2.21 bits per heavy atom. The van der Waals surface area contributed by atoms with Gasteiger partial charge in [-0.1, -0.05) is 12.2 Å². The van der Waals surface area contributed by atoms with E-state index in [0.29, 0.717) is 0 Å². The largest absolute Gasteiger partial charge is 0.376 e. The molecular weight excluding hydrogens is 172 g/mol. The molecule has 1 aliphatic rings. The van der Waals surface area contributed by atoms with Crippen molar-refractivity contribution in [1.82, 2.24) is 4.90 Å². The molecule has 0 bridgehead atoms. The van der Waals surface area contributed by atoms with E-state index in [1.165, 1.54) is 24.8 Å². The van der Waals surface area contributed by atoms with E-state index in [9.17, 15) is 0 Å². The molecule has 0 aromatic carbocycles. The molecule has 0 radical (unpaired) electrons. The van der Waals surface area contributed by atoms with Gasteiger partial charge in [0.2, 0.25) is 0 Å². The molecule has 1 heterocycles. The zero-order valence-electron chi connectivity index (χ0n) is 9.45. The summed E-state index contributed by atoms with van der Waals surface area (Å²) < 4.78 is 0. The zero-order valence-corrected chi connectivity index (χ0v) is 9.45. The number of aliphatic imine (C=N–C) groups is 1. The third-order valence-corrected chi connectivity index (χ3v) is 2.55. The molecule has 1 aliphatic heterocycles. The van der Waals surface area contributed by atoms with Gasteiger partial charge < -0.3 is 4.90 Å². The normalized spacial score (nSPS) is 22.1. The number of nitrogens with zero attached hydrogens (tertiary/aromatic N) is 2. The minimum Gasteiger partial charge on any atom is -0.376 e. The van der Waals surface area contributed by atoms with Gasteiger partial charge in [0.25, 0.3) is 0 Å². The van der Waals surface area contributed by atoms with Crippen molar-refractivity contribution in [1.29, 1.82) is 0 Å². The lowest BCUT2D eigenvalue weighted by Gasteiger charge is -2.16. The lowest BCUT2D eigenvalue weighted by atomic mass is 10.1. The Labute approximate surface area is 87.0 Å². The highest BCUT2D eigenvalue weighted by Gasteiger charge is 2.04. The summed E-state index contributed by atoms with van der Waals surface area (Å²) in [7, 11) is 3.97. The highest BCUT2D eigenvalue weighted by molar-refractivity contribution is 5.98. The average Bonchev–Trinajstić information content (AvgIpc) is 2.29. The molecule has 2 heteroatoms. The summed E-state index contributed by atoms with van der Waals surface area (Å²) in [6.07, 6.45) is 10.3. The maximum Gasteiger partial charge on any atom is 0.0435 e. The molecule has 0 amide bonds. The molecule has 0 aromatic heterocycles. The first-order valence-electron chi connectivity index (χ1n) is 5.23. The van der Waals surface area contributed by atoms with Gasteiger partial charge in [0, 0.05) is 26.4 Å². The summed E-state index contributed by atoms with van der Waals surface area (Å²) in [5, 5.41) is 0. The van der Waals surface area contributed by atoms with Crippen molar-refractivity contribution in [2.45, 2.75) is 26.2 Å². The van der Waals surface area contributed by atoms with Crippen LogP contribution in [0.5, 0.6) is 0 Å². The lowest BCUT2D eigenvalue weighted by Crippen LogP contribution is -2.17. The Kier molecular flexibility index (Phi) is 4.44. The Hall–Kier alpha value is -1.05. The van der Waals surface area contributed by atoms with Crippen LogP contribution in [0.15, 0.2) is 28.9 Å². The minimum absolute atomic E-state index is 0.972. The Morgan fingerprint density at radius 3 is 2.93 bits per heavy atom. The molecule has 78 valence electrons. The average molecular weight is 192 g/mol. The second-order valence-corrected chi connectivity index (χ2v) is 3.77.